The number of imide groups is 1. The molecule has 0 unspecified atom stereocenters. The van der Waals surface area contributed by atoms with E-state index >= 15 is 0 Å². The van der Waals surface area contributed by atoms with Crippen molar-refractivity contribution >= 4 is 23.6 Å². The number of carbonyl (C=O) groups is 2. The molecule has 0 saturated heterocycles. The van der Waals surface area contributed by atoms with E-state index in [4.69, 9.17) is 4.74 Å². The van der Waals surface area contributed by atoms with Gasteiger partial charge in [0.1, 0.15) is 5.75 Å². The highest BCUT2D eigenvalue weighted by atomic mass is 32.2. The van der Waals surface area contributed by atoms with Crippen molar-refractivity contribution < 1.29 is 14.3 Å². The molecule has 0 fully saturated rings. The first-order valence-electron chi connectivity index (χ1n) is 11.3. The van der Waals surface area contributed by atoms with Crippen LogP contribution in [0, 0.1) is 0 Å². The molecule has 5 rings (SSSR count). The third-order valence-corrected chi connectivity index (χ3v) is 6.89. The van der Waals surface area contributed by atoms with Gasteiger partial charge in [-0.25, -0.2) is 0 Å². The fraction of sp³-hybridized carbons (Fsp3) is 0.185. The summed E-state index contributed by atoms with van der Waals surface area (Å²) >= 11 is 1.31. The van der Waals surface area contributed by atoms with Crippen LogP contribution in [0.25, 0.3) is 17.1 Å². The highest BCUT2D eigenvalue weighted by Gasteiger charge is 2.35. The second-order valence-corrected chi connectivity index (χ2v) is 9.35. The third kappa shape index (κ3) is 4.10. The molecule has 0 bridgehead atoms. The Morgan fingerprint density at radius 2 is 1.49 bits per heavy atom. The van der Waals surface area contributed by atoms with E-state index in [0.29, 0.717) is 22.1 Å². The second-order valence-electron chi connectivity index (χ2n) is 8.44. The molecule has 1 aromatic heterocycles. The van der Waals surface area contributed by atoms with E-state index < -0.39 is 0 Å². The minimum atomic E-state index is -0.290. The van der Waals surface area contributed by atoms with Gasteiger partial charge < -0.3 is 4.74 Å². The van der Waals surface area contributed by atoms with Crippen LogP contribution in [0.3, 0.4) is 0 Å². The standard InChI is InChI=1S/C27H24N4O3S/c1-17(2)20-8-6-7-11-23(20)31-24(18-12-14-19(34-3)15-13-18)28-29-27(31)35-16-30-25(32)21-9-4-5-10-22(21)26(30)33/h4-15,17H,16H2,1-3H3. The van der Waals surface area contributed by atoms with E-state index in [1.165, 1.54) is 16.7 Å². The smallest absolute Gasteiger partial charge is 0.262 e. The van der Waals surface area contributed by atoms with E-state index in [-0.39, 0.29) is 23.6 Å². The Kier molecular flexibility index (Phi) is 6.13. The van der Waals surface area contributed by atoms with Gasteiger partial charge in [-0.15, -0.1) is 10.2 Å². The van der Waals surface area contributed by atoms with Gasteiger partial charge in [-0.1, -0.05) is 55.9 Å². The number of thioether (sulfide) groups is 1. The zero-order chi connectivity index (χ0) is 24.5. The average Bonchev–Trinajstić information content (AvgIpc) is 3.41. The van der Waals surface area contributed by atoms with E-state index in [0.717, 1.165) is 22.6 Å². The number of aromatic nitrogens is 3. The van der Waals surface area contributed by atoms with Gasteiger partial charge in [0, 0.05) is 5.56 Å². The van der Waals surface area contributed by atoms with Crippen LogP contribution in [-0.4, -0.2) is 44.5 Å². The largest absolute Gasteiger partial charge is 0.497 e. The van der Waals surface area contributed by atoms with Crippen molar-refractivity contribution in [1.82, 2.24) is 19.7 Å². The lowest BCUT2D eigenvalue weighted by atomic mass is 10.0. The number of amides is 2. The molecule has 1 aliphatic rings. The maximum absolute atomic E-state index is 12.9. The number of methoxy groups -OCH3 is 1. The number of carbonyl (C=O) groups excluding carboxylic acids is 2. The van der Waals surface area contributed by atoms with Crippen molar-refractivity contribution in [2.75, 3.05) is 13.0 Å². The molecule has 0 radical (unpaired) electrons. The van der Waals surface area contributed by atoms with Crippen LogP contribution in [0.2, 0.25) is 0 Å². The van der Waals surface area contributed by atoms with Gasteiger partial charge in [0.25, 0.3) is 11.8 Å². The molecule has 176 valence electrons. The van der Waals surface area contributed by atoms with Crippen LogP contribution in [0.5, 0.6) is 5.75 Å². The highest BCUT2D eigenvalue weighted by Crippen LogP contribution is 2.34. The molecule has 8 heteroatoms. The van der Waals surface area contributed by atoms with Gasteiger partial charge in [0.15, 0.2) is 11.0 Å². The SMILES string of the molecule is COc1ccc(-c2nnc(SCN3C(=O)c4ccccc4C3=O)n2-c2ccccc2C(C)C)cc1. The Bertz CT molecular complexity index is 1380. The molecular weight excluding hydrogens is 460 g/mol. The quantitative estimate of drug-likeness (QED) is 0.258. The van der Waals surface area contributed by atoms with Crippen LogP contribution in [0.15, 0.2) is 78.0 Å². The molecule has 4 aromatic rings. The fourth-order valence-electron chi connectivity index (χ4n) is 4.17. The Labute approximate surface area is 207 Å². The van der Waals surface area contributed by atoms with Gasteiger partial charge in [0.05, 0.1) is 29.8 Å². The Hall–Kier alpha value is -3.91. The van der Waals surface area contributed by atoms with Crippen LogP contribution in [0.1, 0.15) is 46.0 Å². The molecule has 2 heterocycles. The summed E-state index contributed by atoms with van der Waals surface area (Å²) in [6.07, 6.45) is 0. The van der Waals surface area contributed by atoms with E-state index in [1.54, 1.807) is 31.4 Å². The topological polar surface area (TPSA) is 77.3 Å². The van der Waals surface area contributed by atoms with E-state index in [1.807, 2.05) is 47.0 Å². The number of rotatable bonds is 7. The van der Waals surface area contributed by atoms with Gasteiger partial charge >= 0.3 is 0 Å². The molecule has 0 spiro atoms. The predicted octanol–water partition coefficient (Wildman–Crippen LogP) is 5.41. The lowest BCUT2D eigenvalue weighted by Crippen LogP contribution is -2.29. The van der Waals surface area contributed by atoms with Crippen molar-refractivity contribution in [3.05, 3.63) is 89.5 Å². The monoisotopic (exact) mass is 484 g/mol. The maximum Gasteiger partial charge on any atom is 0.262 e. The number of hydrogen-bond donors (Lipinski definition) is 0. The van der Waals surface area contributed by atoms with Crippen LogP contribution < -0.4 is 4.74 Å². The molecule has 0 saturated carbocycles. The molecule has 2 amide bonds. The maximum atomic E-state index is 12.9. The van der Waals surface area contributed by atoms with Gasteiger partial charge in [-0.2, -0.15) is 0 Å². The molecule has 35 heavy (non-hydrogen) atoms. The molecule has 3 aromatic carbocycles. The summed E-state index contributed by atoms with van der Waals surface area (Å²) in [6, 6.07) is 22.7. The predicted molar refractivity (Wildman–Crippen MR) is 135 cm³/mol. The molecule has 1 aliphatic heterocycles. The van der Waals surface area contributed by atoms with Gasteiger partial charge in [0.2, 0.25) is 0 Å². The fourth-order valence-corrected chi connectivity index (χ4v) is 5.06. The molecular formula is C27H24N4O3S. The van der Waals surface area contributed by atoms with Crippen molar-refractivity contribution in [2.45, 2.75) is 24.9 Å². The first-order chi connectivity index (χ1) is 17.0. The molecule has 0 atom stereocenters. The number of ether oxygens (including phenoxy) is 1. The summed E-state index contributed by atoms with van der Waals surface area (Å²) < 4.78 is 7.30. The number of fused-ring (bicyclic) bond motifs is 1. The third-order valence-electron chi connectivity index (χ3n) is 5.98. The minimum absolute atomic E-state index is 0.136. The first-order valence-corrected chi connectivity index (χ1v) is 12.2. The molecule has 0 aliphatic carbocycles. The number of nitrogens with zero attached hydrogens (tertiary/aromatic N) is 4. The van der Waals surface area contributed by atoms with Crippen molar-refractivity contribution in [3.8, 4) is 22.8 Å². The van der Waals surface area contributed by atoms with Gasteiger partial charge in [-0.3, -0.25) is 19.1 Å². The lowest BCUT2D eigenvalue weighted by Gasteiger charge is -2.18. The Morgan fingerprint density at radius 1 is 0.857 bits per heavy atom. The summed E-state index contributed by atoms with van der Waals surface area (Å²) in [5.74, 6) is 1.25. The van der Waals surface area contributed by atoms with Crippen molar-refractivity contribution in [1.29, 1.82) is 0 Å². The zero-order valence-electron chi connectivity index (χ0n) is 19.6. The summed E-state index contributed by atoms with van der Waals surface area (Å²) in [6.45, 7) is 4.28. The number of hydrogen-bond acceptors (Lipinski definition) is 6. The Balaban J connectivity index is 1.54. The number of benzene rings is 3. The lowest BCUT2D eigenvalue weighted by molar-refractivity contribution is 0.0684. The Morgan fingerprint density at radius 3 is 2.11 bits per heavy atom. The van der Waals surface area contributed by atoms with Crippen LogP contribution >= 0.6 is 11.8 Å². The summed E-state index contributed by atoms with van der Waals surface area (Å²) in [5.41, 5.74) is 3.85. The zero-order valence-corrected chi connectivity index (χ0v) is 20.5. The van der Waals surface area contributed by atoms with Crippen molar-refractivity contribution in [2.24, 2.45) is 0 Å². The van der Waals surface area contributed by atoms with Gasteiger partial charge in [-0.05, 0) is 53.9 Å². The van der Waals surface area contributed by atoms with E-state index in [9.17, 15) is 9.59 Å². The van der Waals surface area contributed by atoms with Crippen LogP contribution in [0.4, 0.5) is 0 Å². The first kappa shape index (κ1) is 22.9. The number of para-hydroxylation sites is 1. The van der Waals surface area contributed by atoms with Crippen molar-refractivity contribution in [3.63, 3.8) is 0 Å². The second kappa shape index (κ2) is 9.38. The summed E-state index contributed by atoms with van der Waals surface area (Å²) in [4.78, 5) is 27.0. The van der Waals surface area contributed by atoms with Crippen LogP contribution in [-0.2, 0) is 0 Å². The van der Waals surface area contributed by atoms with E-state index in [2.05, 4.69) is 30.1 Å². The molecule has 0 N–H and O–H groups in total. The minimum Gasteiger partial charge on any atom is -0.497 e. The molecule has 7 nitrogen and oxygen atoms in total. The summed E-state index contributed by atoms with van der Waals surface area (Å²) in [7, 11) is 1.63. The normalized spacial score (nSPS) is 13.0. The highest BCUT2D eigenvalue weighted by molar-refractivity contribution is 7.99. The average molecular weight is 485 g/mol. The summed E-state index contributed by atoms with van der Waals surface area (Å²) in [5, 5.41) is 9.57.